The lowest BCUT2D eigenvalue weighted by molar-refractivity contribution is 0.0942. The van der Waals surface area contributed by atoms with Crippen LogP contribution in [0.3, 0.4) is 0 Å². The summed E-state index contributed by atoms with van der Waals surface area (Å²) in [6.07, 6.45) is -0.713. The Morgan fingerprint density at radius 1 is 1.50 bits per heavy atom. The molecule has 0 amide bonds. The zero-order chi connectivity index (χ0) is 10.6. The van der Waals surface area contributed by atoms with Crippen molar-refractivity contribution < 1.29 is 14.7 Å². The predicted molar refractivity (Wildman–Crippen MR) is 50.8 cm³/mol. The highest BCUT2D eigenvalue weighted by molar-refractivity contribution is 5.20. The molecule has 1 aromatic heterocycles. The predicted octanol–water partition coefficient (Wildman–Crippen LogP) is -0.266. The van der Waals surface area contributed by atoms with Crippen molar-refractivity contribution >= 4 is 0 Å². The minimum Gasteiger partial charge on any atom is -0.394 e. The van der Waals surface area contributed by atoms with Gasteiger partial charge < -0.3 is 20.1 Å². The Hall–Kier alpha value is -0.910. The van der Waals surface area contributed by atoms with Gasteiger partial charge in [-0.2, -0.15) is 0 Å². The number of aliphatic hydroxyl groups is 2. The lowest BCUT2D eigenvalue weighted by Crippen LogP contribution is -2.29. The molecule has 0 bridgehead atoms. The molecule has 80 valence electrons. The summed E-state index contributed by atoms with van der Waals surface area (Å²) in [6.45, 7) is 4.45. The van der Waals surface area contributed by atoms with Crippen LogP contribution >= 0.6 is 0 Å². The van der Waals surface area contributed by atoms with E-state index in [0.717, 1.165) is 17.0 Å². The third kappa shape index (κ3) is 2.80. The van der Waals surface area contributed by atoms with Crippen molar-refractivity contribution in [3.63, 3.8) is 0 Å². The van der Waals surface area contributed by atoms with E-state index in [1.165, 1.54) is 0 Å². The SMILES string of the molecule is Cc1noc(C)c1CNC[C@@H](O)CO. The van der Waals surface area contributed by atoms with E-state index in [2.05, 4.69) is 10.5 Å². The fourth-order valence-corrected chi connectivity index (χ4v) is 1.18. The average molecular weight is 200 g/mol. The Bertz CT molecular complexity index is 266. The fourth-order valence-electron chi connectivity index (χ4n) is 1.18. The maximum atomic E-state index is 9.07. The highest BCUT2D eigenvalue weighted by Gasteiger charge is 2.08. The molecule has 5 heteroatoms. The first-order valence-corrected chi connectivity index (χ1v) is 4.56. The van der Waals surface area contributed by atoms with E-state index >= 15 is 0 Å². The molecule has 0 saturated heterocycles. The third-order valence-electron chi connectivity index (χ3n) is 2.07. The van der Waals surface area contributed by atoms with Crippen LogP contribution in [-0.2, 0) is 6.54 Å². The number of nitrogens with one attached hydrogen (secondary N) is 1. The number of aryl methyl sites for hydroxylation is 2. The van der Waals surface area contributed by atoms with Gasteiger partial charge in [0.2, 0.25) is 0 Å². The zero-order valence-corrected chi connectivity index (χ0v) is 8.45. The molecule has 0 aliphatic heterocycles. The van der Waals surface area contributed by atoms with E-state index < -0.39 is 6.10 Å². The van der Waals surface area contributed by atoms with E-state index in [9.17, 15) is 0 Å². The second-order valence-corrected chi connectivity index (χ2v) is 3.27. The summed E-state index contributed by atoms with van der Waals surface area (Å²) in [5.74, 6) is 0.786. The lowest BCUT2D eigenvalue weighted by Gasteiger charge is -2.08. The Labute approximate surface area is 82.7 Å². The quantitative estimate of drug-likeness (QED) is 0.610. The van der Waals surface area contributed by atoms with Gasteiger partial charge in [0.05, 0.1) is 18.4 Å². The third-order valence-corrected chi connectivity index (χ3v) is 2.07. The summed E-state index contributed by atoms with van der Waals surface area (Å²) in [7, 11) is 0. The van der Waals surface area contributed by atoms with Gasteiger partial charge in [0, 0.05) is 18.7 Å². The average Bonchev–Trinajstić information content (AvgIpc) is 2.48. The molecule has 0 fully saturated rings. The maximum absolute atomic E-state index is 9.07. The molecule has 3 N–H and O–H groups in total. The molecule has 0 unspecified atom stereocenters. The molecule has 0 radical (unpaired) electrons. The summed E-state index contributed by atoms with van der Waals surface area (Å²) >= 11 is 0. The molecule has 1 atom stereocenters. The molecule has 0 spiro atoms. The topological polar surface area (TPSA) is 78.5 Å². The van der Waals surface area contributed by atoms with Crippen LogP contribution in [0.5, 0.6) is 0 Å². The van der Waals surface area contributed by atoms with Crippen molar-refractivity contribution in [2.45, 2.75) is 26.5 Å². The van der Waals surface area contributed by atoms with Crippen LogP contribution in [0.25, 0.3) is 0 Å². The molecular formula is C9H16N2O3. The largest absolute Gasteiger partial charge is 0.394 e. The van der Waals surface area contributed by atoms with Gasteiger partial charge >= 0.3 is 0 Å². The van der Waals surface area contributed by atoms with Crippen molar-refractivity contribution in [2.24, 2.45) is 0 Å². The number of aliphatic hydroxyl groups excluding tert-OH is 2. The molecule has 5 nitrogen and oxygen atoms in total. The molecule has 1 rings (SSSR count). The van der Waals surface area contributed by atoms with Gasteiger partial charge in [-0.1, -0.05) is 5.16 Å². The Balaban J connectivity index is 2.38. The van der Waals surface area contributed by atoms with Crippen LogP contribution in [0.4, 0.5) is 0 Å². The number of hydrogen-bond acceptors (Lipinski definition) is 5. The Kier molecular flexibility index (Phi) is 4.06. The van der Waals surface area contributed by atoms with Gasteiger partial charge in [0.15, 0.2) is 0 Å². The second-order valence-electron chi connectivity index (χ2n) is 3.27. The number of hydrogen-bond donors (Lipinski definition) is 3. The van der Waals surface area contributed by atoms with Gasteiger partial charge in [0.25, 0.3) is 0 Å². The maximum Gasteiger partial charge on any atom is 0.138 e. The smallest absolute Gasteiger partial charge is 0.138 e. The van der Waals surface area contributed by atoms with E-state index in [0.29, 0.717) is 13.1 Å². The summed E-state index contributed by atoms with van der Waals surface area (Å²) in [5, 5.41) is 24.5. The van der Waals surface area contributed by atoms with E-state index in [1.807, 2.05) is 13.8 Å². The fraction of sp³-hybridized carbons (Fsp3) is 0.667. The molecule has 0 saturated carbocycles. The van der Waals surface area contributed by atoms with Gasteiger partial charge in [0.1, 0.15) is 5.76 Å². The monoisotopic (exact) mass is 200 g/mol. The highest BCUT2D eigenvalue weighted by atomic mass is 16.5. The molecule has 1 heterocycles. The van der Waals surface area contributed by atoms with Crippen LogP contribution in [0.15, 0.2) is 4.52 Å². The van der Waals surface area contributed by atoms with Crippen molar-refractivity contribution in [1.82, 2.24) is 10.5 Å². The van der Waals surface area contributed by atoms with Crippen LogP contribution in [0.1, 0.15) is 17.0 Å². The van der Waals surface area contributed by atoms with E-state index in [-0.39, 0.29) is 6.61 Å². The minimum absolute atomic E-state index is 0.228. The molecule has 1 aromatic rings. The second kappa shape index (κ2) is 5.09. The van der Waals surface area contributed by atoms with Crippen LogP contribution in [0.2, 0.25) is 0 Å². The van der Waals surface area contributed by atoms with Gasteiger partial charge in [-0.15, -0.1) is 0 Å². The van der Waals surface area contributed by atoms with Gasteiger partial charge in [-0.3, -0.25) is 0 Å². The highest BCUT2D eigenvalue weighted by Crippen LogP contribution is 2.11. The van der Waals surface area contributed by atoms with Crippen LogP contribution in [-0.4, -0.2) is 34.6 Å². The minimum atomic E-state index is -0.713. The van der Waals surface area contributed by atoms with Gasteiger partial charge in [-0.05, 0) is 13.8 Å². The standard InChI is InChI=1S/C9H16N2O3/c1-6-9(7(2)14-11-6)4-10-3-8(13)5-12/h8,10,12-13H,3-5H2,1-2H3/t8-/m1/s1. The Morgan fingerprint density at radius 3 is 2.71 bits per heavy atom. The van der Waals surface area contributed by atoms with Crippen molar-refractivity contribution in [3.05, 3.63) is 17.0 Å². The van der Waals surface area contributed by atoms with Crippen molar-refractivity contribution in [2.75, 3.05) is 13.2 Å². The number of rotatable bonds is 5. The van der Waals surface area contributed by atoms with E-state index in [4.69, 9.17) is 14.7 Å². The Morgan fingerprint density at radius 2 is 2.21 bits per heavy atom. The lowest BCUT2D eigenvalue weighted by atomic mass is 10.2. The van der Waals surface area contributed by atoms with Crippen LogP contribution < -0.4 is 5.32 Å². The molecule has 0 aliphatic carbocycles. The van der Waals surface area contributed by atoms with E-state index in [1.54, 1.807) is 0 Å². The molecule has 0 aliphatic rings. The van der Waals surface area contributed by atoms with Gasteiger partial charge in [-0.25, -0.2) is 0 Å². The van der Waals surface area contributed by atoms with Crippen molar-refractivity contribution in [3.8, 4) is 0 Å². The molecule has 0 aromatic carbocycles. The first-order valence-electron chi connectivity index (χ1n) is 4.56. The first-order chi connectivity index (χ1) is 6.65. The summed E-state index contributed by atoms with van der Waals surface area (Å²) in [4.78, 5) is 0. The molecule has 14 heavy (non-hydrogen) atoms. The summed E-state index contributed by atoms with van der Waals surface area (Å²) < 4.78 is 4.98. The molecular weight excluding hydrogens is 184 g/mol. The summed E-state index contributed by atoms with van der Waals surface area (Å²) in [6, 6.07) is 0. The zero-order valence-electron chi connectivity index (χ0n) is 8.45. The summed E-state index contributed by atoms with van der Waals surface area (Å²) in [5.41, 5.74) is 1.86. The number of nitrogens with zero attached hydrogens (tertiary/aromatic N) is 1. The normalized spacial score (nSPS) is 13.1. The van der Waals surface area contributed by atoms with Crippen LogP contribution in [0, 0.1) is 13.8 Å². The number of aromatic nitrogens is 1. The van der Waals surface area contributed by atoms with Crippen molar-refractivity contribution in [1.29, 1.82) is 0 Å². The first kappa shape index (κ1) is 11.2.